The predicted molar refractivity (Wildman–Crippen MR) is 97.1 cm³/mol. The zero-order valence-corrected chi connectivity index (χ0v) is 15.2. The van der Waals surface area contributed by atoms with Gasteiger partial charge in [0.05, 0.1) is 4.90 Å². The molecule has 0 aromatic heterocycles. The number of nitrogens with one attached hydrogen (secondary N) is 1. The van der Waals surface area contributed by atoms with Crippen molar-refractivity contribution in [1.29, 1.82) is 0 Å². The molecule has 0 aliphatic carbocycles. The van der Waals surface area contributed by atoms with Gasteiger partial charge in [-0.25, -0.2) is 8.42 Å². The Morgan fingerprint density at radius 1 is 1.08 bits per heavy atom. The summed E-state index contributed by atoms with van der Waals surface area (Å²) in [6.45, 7) is 0.963. The lowest BCUT2D eigenvalue weighted by Crippen LogP contribution is -2.60. The highest BCUT2D eigenvalue weighted by Gasteiger charge is 2.53. The summed E-state index contributed by atoms with van der Waals surface area (Å²) in [5, 5.41) is 4.54. The van der Waals surface area contributed by atoms with Gasteiger partial charge in [0.15, 0.2) is 0 Å². The van der Waals surface area contributed by atoms with Gasteiger partial charge in [-0.2, -0.15) is 4.31 Å². The molecule has 5 nitrogen and oxygen atoms in total. The van der Waals surface area contributed by atoms with Crippen LogP contribution >= 0.6 is 11.6 Å². The first-order chi connectivity index (χ1) is 12.0. The predicted octanol–water partition coefficient (Wildman–Crippen LogP) is 2.93. The van der Waals surface area contributed by atoms with Gasteiger partial charge in [-0.15, -0.1) is 0 Å². The summed E-state index contributed by atoms with van der Waals surface area (Å²) < 4.78 is 28.4. The molecule has 2 aliphatic rings. The Morgan fingerprint density at radius 2 is 1.80 bits per heavy atom. The van der Waals surface area contributed by atoms with E-state index in [1.807, 2.05) is 12.1 Å². The minimum Gasteiger partial charge on any atom is -0.354 e. The number of piperidine rings is 1. The number of carbonyl (C=O) groups is 1. The second kappa shape index (κ2) is 5.97. The molecule has 132 valence electrons. The van der Waals surface area contributed by atoms with Crippen molar-refractivity contribution in [3.05, 3.63) is 41.4 Å². The number of carbonyl (C=O) groups excluding carboxylic acids is 1. The van der Waals surface area contributed by atoms with E-state index in [0.29, 0.717) is 42.8 Å². The number of halogens is 1. The second-order valence-corrected chi connectivity index (χ2v) is 8.90. The summed E-state index contributed by atoms with van der Waals surface area (Å²) >= 11 is 6.32. The maximum absolute atomic E-state index is 13.5. The van der Waals surface area contributed by atoms with Crippen LogP contribution in [-0.2, 0) is 14.8 Å². The molecule has 2 aromatic rings. The average Bonchev–Trinajstić information content (AvgIpc) is 3.03. The molecule has 25 heavy (non-hydrogen) atoms. The first-order valence-electron chi connectivity index (χ1n) is 8.45. The molecular formula is C18H19ClN2O3S. The minimum atomic E-state index is -3.84. The van der Waals surface area contributed by atoms with Crippen LogP contribution in [0.4, 0.5) is 0 Å². The van der Waals surface area contributed by atoms with Crippen LogP contribution in [0.3, 0.4) is 0 Å². The summed E-state index contributed by atoms with van der Waals surface area (Å²) in [7, 11) is -3.84. The molecule has 1 spiro atoms. The second-order valence-electron chi connectivity index (χ2n) is 6.67. The van der Waals surface area contributed by atoms with E-state index in [4.69, 9.17) is 11.6 Å². The van der Waals surface area contributed by atoms with Gasteiger partial charge in [0.2, 0.25) is 15.9 Å². The summed E-state index contributed by atoms with van der Waals surface area (Å²) in [5.74, 6) is -0.175. The van der Waals surface area contributed by atoms with E-state index in [9.17, 15) is 13.2 Å². The van der Waals surface area contributed by atoms with Gasteiger partial charge in [-0.05, 0) is 43.2 Å². The van der Waals surface area contributed by atoms with E-state index in [1.165, 1.54) is 4.31 Å². The fourth-order valence-corrected chi connectivity index (χ4v) is 6.55. The number of nitrogens with zero attached hydrogens (tertiary/aromatic N) is 1. The third-order valence-corrected chi connectivity index (χ3v) is 7.61. The standard InChI is InChI=1S/C18H19ClN2O3S/c19-14-7-1-5-13-6-2-8-15(16(13)14)25(23,24)21-12-4-10-18(21)9-3-11-20-17(18)22/h1-2,5-8H,3-4,9-12H2,(H,20,22). The van der Waals surface area contributed by atoms with E-state index < -0.39 is 15.6 Å². The molecule has 0 radical (unpaired) electrons. The van der Waals surface area contributed by atoms with Crippen LogP contribution < -0.4 is 5.32 Å². The zero-order chi connectivity index (χ0) is 17.7. The fraction of sp³-hybridized carbons (Fsp3) is 0.389. The van der Waals surface area contributed by atoms with Crippen molar-refractivity contribution in [1.82, 2.24) is 9.62 Å². The molecule has 2 aromatic carbocycles. The van der Waals surface area contributed by atoms with Crippen LogP contribution in [0.25, 0.3) is 10.8 Å². The van der Waals surface area contributed by atoms with E-state index in [1.54, 1.807) is 24.3 Å². The molecule has 1 unspecified atom stereocenters. The van der Waals surface area contributed by atoms with Crippen molar-refractivity contribution in [2.45, 2.75) is 36.1 Å². The summed E-state index contributed by atoms with van der Waals surface area (Å²) in [4.78, 5) is 12.8. The quantitative estimate of drug-likeness (QED) is 0.873. The van der Waals surface area contributed by atoms with Gasteiger partial charge in [0.1, 0.15) is 5.54 Å². The number of sulfonamides is 1. The van der Waals surface area contributed by atoms with Gasteiger partial charge >= 0.3 is 0 Å². The first-order valence-corrected chi connectivity index (χ1v) is 10.3. The van der Waals surface area contributed by atoms with Crippen molar-refractivity contribution in [3.63, 3.8) is 0 Å². The van der Waals surface area contributed by atoms with Gasteiger partial charge in [-0.3, -0.25) is 4.79 Å². The lowest BCUT2D eigenvalue weighted by molar-refractivity contribution is -0.131. The number of benzene rings is 2. The number of amides is 1. The van der Waals surface area contributed by atoms with E-state index in [-0.39, 0.29) is 10.8 Å². The molecule has 0 bridgehead atoms. The van der Waals surface area contributed by atoms with Crippen molar-refractivity contribution in [3.8, 4) is 0 Å². The molecule has 2 aliphatic heterocycles. The van der Waals surface area contributed by atoms with Gasteiger partial charge in [-0.1, -0.05) is 35.9 Å². The fourth-order valence-electron chi connectivity index (χ4n) is 4.14. The van der Waals surface area contributed by atoms with Crippen molar-refractivity contribution < 1.29 is 13.2 Å². The Labute approximate surface area is 152 Å². The lowest BCUT2D eigenvalue weighted by atomic mass is 9.88. The molecule has 2 heterocycles. The number of hydrogen-bond donors (Lipinski definition) is 1. The van der Waals surface area contributed by atoms with Gasteiger partial charge in [0, 0.05) is 23.5 Å². The molecule has 4 rings (SSSR count). The molecule has 1 amide bonds. The zero-order valence-electron chi connectivity index (χ0n) is 13.7. The van der Waals surface area contributed by atoms with Gasteiger partial charge < -0.3 is 5.32 Å². The minimum absolute atomic E-state index is 0.175. The Balaban J connectivity index is 1.90. The number of hydrogen-bond acceptors (Lipinski definition) is 3. The third-order valence-electron chi connectivity index (χ3n) is 5.29. The Hall–Kier alpha value is -1.63. The molecule has 7 heteroatoms. The summed E-state index contributed by atoms with van der Waals surface area (Å²) in [6, 6.07) is 10.5. The normalized spacial score (nSPS) is 24.8. The van der Waals surface area contributed by atoms with Crippen molar-refractivity contribution in [2.75, 3.05) is 13.1 Å². The highest BCUT2D eigenvalue weighted by atomic mass is 35.5. The first kappa shape index (κ1) is 16.8. The number of fused-ring (bicyclic) bond motifs is 1. The van der Waals surface area contributed by atoms with Crippen LogP contribution in [0.15, 0.2) is 41.3 Å². The van der Waals surface area contributed by atoms with E-state index in [2.05, 4.69) is 5.32 Å². The highest BCUT2D eigenvalue weighted by Crippen LogP contribution is 2.41. The third kappa shape index (κ3) is 2.46. The van der Waals surface area contributed by atoms with Crippen LogP contribution in [0.1, 0.15) is 25.7 Å². The Morgan fingerprint density at radius 3 is 2.56 bits per heavy atom. The lowest BCUT2D eigenvalue weighted by Gasteiger charge is -2.39. The van der Waals surface area contributed by atoms with Crippen LogP contribution in [0.5, 0.6) is 0 Å². The largest absolute Gasteiger partial charge is 0.354 e. The molecule has 2 saturated heterocycles. The van der Waals surface area contributed by atoms with Crippen LogP contribution in [-0.4, -0.2) is 37.3 Å². The molecule has 1 atom stereocenters. The smallest absolute Gasteiger partial charge is 0.244 e. The summed E-state index contributed by atoms with van der Waals surface area (Å²) in [6.07, 6.45) is 2.60. The van der Waals surface area contributed by atoms with E-state index >= 15 is 0 Å². The molecule has 1 N–H and O–H groups in total. The van der Waals surface area contributed by atoms with Gasteiger partial charge in [0.25, 0.3) is 0 Å². The maximum Gasteiger partial charge on any atom is 0.244 e. The SMILES string of the molecule is O=C1NCCCC12CCCN2S(=O)(=O)c1cccc2cccc(Cl)c12. The maximum atomic E-state index is 13.5. The average molecular weight is 379 g/mol. The molecular weight excluding hydrogens is 360 g/mol. The Bertz CT molecular complexity index is 955. The molecule has 0 saturated carbocycles. The highest BCUT2D eigenvalue weighted by molar-refractivity contribution is 7.89. The van der Waals surface area contributed by atoms with Crippen molar-refractivity contribution >= 4 is 38.3 Å². The van der Waals surface area contributed by atoms with E-state index in [0.717, 1.165) is 11.8 Å². The topological polar surface area (TPSA) is 66.5 Å². The van der Waals surface area contributed by atoms with Crippen molar-refractivity contribution in [2.24, 2.45) is 0 Å². The van der Waals surface area contributed by atoms with Crippen LogP contribution in [0, 0.1) is 0 Å². The Kier molecular flexibility index (Phi) is 4.02. The number of rotatable bonds is 2. The molecule has 2 fully saturated rings. The monoisotopic (exact) mass is 378 g/mol. The van der Waals surface area contributed by atoms with Crippen LogP contribution in [0.2, 0.25) is 5.02 Å². The summed E-state index contributed by atoms with van der Waals surface area (Å²) in [5.41, 5.74) is -0.958.